The maximum Gasteiger partial charge on any atom is 0.228 e. The lowest BCUT2D eigenvalue weighted by molar-refractivity contribution is -0.115. The van der Waals surface area contributed by atoms with Crippen LogP contribution in [0.2, 0.25) is 10.0 Å². The number of rotatable bonds is 3. The molecule has 1 amide bonds. The second-order valence-corrected chi connectivity index (χ2v) is 7.10. The molecular weight excluding hydrogens is 317 g/mol. The highest BCUT2D eigenvalue weighted by molar-refractivity contribution is 6.35. The summed E-state index contributed by atoms with van der Waals surface area (Å²) in [5.74, 6) is -0.0964. The summed E-state index contributed by atoms with van der Waals surface area (Å²) in [4.78, 5) is 12.3. The molecule has 0 heterocycles. The molecule has 0 atom stereocenters. The van der Waals surface area contributed by atoms with Crippen LogP contribution in [-0.2, 0) is 16.6 Å². The first-order valence-corrected chi connectivity index (χ1v) is 7.86. The fourth-order valence-electron chi connectivity index (χ4n) is 2.28. The lowest BCUT2D eigenvalue weighted by atomic mass is 9.86. The number of carbonyl (C=O) groups excluding carboxylic acids is 1. The maximum absolute atomic E-state index is 12.3. The Morgan fingerprint density at radius 2 is 1.77 bits per heavy atom. The molecule has 0 saturated heterocycles. The number of para-hydroxylation sites is 1. The number of anilines is 1. The second kappa shape index (κ2) is 6.72. The van der Waals surface area contributed by atoms with Gasteiger partial charge in [0.05, 0.1) is 6.42 Å². The number of amides is 1. The van der Waals surface area contributed by atoms with Crippen LogP contribution in [0, 0.1) is 0 Å². The molecule has 116 valence electrons. The van der Waals surface area contributed by atoms with E-state index in [0.717, 1.165) is 16.8 Å². The Hall–Kier alpha value is -1.51. The number of halogens is 2. The third-order valence-electron chi connectivity index (χ3n) is 3.38. The Balaban J connectivity index is 2.16. The van der Waals surface area contributed by atoms with Crippen molar-refractivity contribution in [2.24, 2.45) is 0 Å². The molecule has 22 heavy (non-hydrogen) atoms. The lowest BCUT2D eigenvalue weighted by Crippen LogP contribution is -2.20. The summed E-state index contributed by atoms with van der Waals surface area (Å²) in [6.45, 7) is 6.36. The molecule has 0 aliphatic heterocycles. The summed E-state index contributed by atoms with van der Waals surface area (Å²) in [6, 6.07) is 13.0. The number of benzene rings is 2. The largest absolute Gasteiger partial charge is 0.326 e. The van der Waals surface area contributed by atoms with Gasteiger partial charge in [0.1, 0.15) is 0 Å². The quantitative estimate of drug-likeness (QED) is 0.791. The molecule has 2 rings (SSSR count). The highest BCUT2D eigenvalue weighted by atomic mass is 35.5. The minimum Gasteiger partial charge on any atom is -0.326 e. The van der Waals surface area contributed by atoms with E-state index < -0.39 is 0 Å². The van der Waals surface area contributed by atoms with Crippen molar-refractivity contribution in [2.75, 3.05) is 5.32 Å². The Morgan fingerprint density at radius 1 is 1.09 bits per heavy atom. The first kappa shape index (κ1) is 16.9. The average Bonchev–Trinajstić information content (AvgIpc) is 2.41. The molecule has 0 aliphatic carbocycles. The SMILES string of the molecule is CC(C)(C)c1ccccc1NC(=O)Cc1ccc(Cl)cc1Cl. The van der Waals surface area contributed by atoms with Crippen molar-refractivity contribution in [3.05, 3.63) is 63.6 Å². The van der Waals surface area contributed by atoms with Gasteiger partial charge in [-0.1, -0.05) is 68.2 Å². The van der Waals surface area contributed by atoms with E-state index in [2.05, 4.69) is 26.1 Å². The number of hydrogen-bond acceptors (Lipinski definition) is 1. The predicted molar refractivity (Wildman–Crippen MR) is 93.9 cm³/mol. The van der Waals surface area contributed by atoms with Crippen molar-refractivity contribution in [3.63, 3.8) is 0 Å². The topological polar surface area (TPSA) is 29.1 Å². The van der Waals surface area contributed by atoms with E-state index in [1.54, 1.807) is 18.2 Å². The van der Waals surface area contributed by atoms with Crippen LogP contribution in [0.25, 0.3) is 0 Å². The molecule has 0 aromatic heterocycles. The highest BCUT2D eigenvalue weighted by Gasteiger charge is 2.18. The number of carbonyl (C=O) groups is 1. The van der Waals surface area contributed by atoms with Gasteiger partial charge in [-0.3, -0.25) is 4.79 Å². The molecule has 0 fully saturated rings. The van der Waals surface area contributed by atoms with E-state index in [1.807, 2.05) is 24.3 Å². The summed E-state index contributed by atoms with van der Waals surface area (Å²) < 4.78 is 0. The van der Waals surface area contributed by atoms with Gasteiger partial charge in [-0.15, -0.1) is 0 Å². The lowest BCUT2D eigenvalue weighted by Gasteiger charge is -2.23. The Bertz CT molecular complexity index is 690. The van der Waals surface area contributed by atoms with Gasteiger partial charge in [-0.25, -0.2) is 0 Å². The van der Waals surface area contributed by atoms with Gasteiger partial charge >= 0.3 is 0 Å². The van der Waals surface area contributed by atoms with Crippen molar-refractivity contribution in [1.29, 1.82) is 0 Å². The van der Waals surface area contributed by atoms with E-state index in [4.69, 9.17) is 23.2 Å². The average molecular weight is 336 g/mol. The van der Waals surface area contributed by atoms with Gasteiger partial charge in [-0.05, 0) is 34.7 Å². The second-order valence-electron chi connectivity index (χ2n) is 6.26. The zero-order valence-corrected chi connectivity index (χ0v) is 14.4. The van der Waals surface area contributed by atoms with Gasteiger partial charge in [0, 0.05) is 15.7 Å². The van der Waals surface area contributed by atoms with Gasteiger partial charge in [0.25, 0.3) is 0 Å². The van der Waals surface area contributed by atoms with Crippen LogP contribution in [0.1, 0.15) is 31.9 Å². The third kappa shape index (κ3) is 4.25. The number of hydrogen-bond donors (Lipinski definition) is 1. The summed E-state index contributed by atoms with van der Waals surface area (Å²) in [7, 11) is 0. The van der Waals surface area contributed by atoms with Crippen LogP contribution < -0.4 is 5.32 Å². The van der Waals surface area contributed by atoms with Gasteiger partial charge in [0.2, 0.25) is 5.91 Å². The Labute approximate surface area is 141 Å². The first-order chi connectivity index (χ1) is 10.3. The molecule has 4 heteroatoms. The maximum atomic E-state index is 12.3. The smallest absolute Gasteiger partial charge is 0.228 e. The third-order valence-corrected chi connectivity index (χ3v) is 3.96. The van der Waals surface area contributed by atoms with Crippen LogP contribution in [0.15, 0.2) is 42.5 Å². The molecule has 2 aromatic carbocycles. The van der Waals surface area contributed by atoms with E-state index >= 15 is 0 Å². The monoisotopic (exact) mass is 335 g/mol. The molecule has 2 nitrogen and oxygen atoms in total. The summed E-state index contributed by atoms with van der Waals surface area (Å²) >= 11 is 12.0. The van der Waals surface area contributed by atoms with Crippen LogP contribution in [0.3, 0.4) is 0 Å². The molecule has 0 saturated carbocycles. The molecule has 0 unspecified atom stereocenters. The fraction of sp³-hybridized carbons (Fsp3) is 0.278. The van der Waals surface area contributed by atoms with Crippen molar-refractivity contribution in [3.8, 4) is 0 Å². The van der Waals surface area contributed by atoms with Gasteiger partial charge in [0.15, 0.2) is 0 Å². The van der Waals surface area contributed by atoms with Crippen molar-refractivity contribution in [1.82, 2.24) is 0 Å². The van der Waals surface area contributed by atoms with Crippen LogP contribution >= 0.6 is 23.2 Å². The predicted octanol–water partition coefficient (Wildman–Crippen LogP) is 5.47. The fourth-order valence-corrected chi connectivity index (χ4v) is 2.75. The summed E-state index contributed by atoms with van der Waals surface area (Å²) in [5, 5.41) is 4.05. The first-order valence-electron chi connectivity index (χ1n) is 7.10. The zero-order chi connectivity index (χ0) is 16.3. The minimum absolute atomic E-state index is 0.0399. The van der Waals surface area contributed by atoms with Crippen LogP contribution in [0.4, 0.5) is 5.69 Å². The molecule has 0 spiro atoms. The Morgan fingerprint density at radius 3 is 2.41 bits per heavy atom. The van der Waals surface area contributed by atoms with Crippen LogP contribution in [-0.4, -0.2) is 5.91 Å². The minimum atomic E-state index is -0.0964. The summed E-state index contributed by atoms with van der Waals surface area (Å²) in [5.41, 5.74) is 2.66. The molecule has 0 aliphatic rings. The van der Waals surface area contributed by atoms with Gasteiger partial charge in [-0.2, -0.15) is 0 Å². The van der Waals surface area contributed by atoms with E-state index in [9.17, 15) is 4.79 Å². The van der Waals surface area contributed by atoms with E-state index in [0.29, 0.717) is 10.0 Å². The molecule has 2 aromatic rings. The van der Waals surface area contributed by atoms with Gasteiger partial charge < -0.3 is 5.32 Å². The highest BCUT2D eigenvalue weighted by Crippen LogP contribution is 2.29. The zero-order valence-electron chi connectivity index (χ0n) is 12.9. The molecule has 0 radical (unpaired) electrons. The van der Waals surface area contributed by atoms with E-state index in [1.165, 1.54) is 0 Å². The normalized spacial score (nSPS) is 11.3. The van der Waals surface area contributed by atoms with Crippen molar-refractivity contribution in [2.45, 2.75) is 32.6 Å². The molecule has 1 N–H and O–H groups in total. The molecule has 0 bridgehead atoms. The Kier molecular flexibility index (Phi) is 5.15. The van der Waals surface area contributed by atoms with Crippen molar-refractivity contribution >= 4 is 34.8 Å². The number of nitrogens with one attached hydrogen (secondary N) is 1. The summed E-state index contributed by atoms with van der Waals surface area (Å²) in [6.07, 6.45) is 0.217. The van der Waals surface area contributed by atoms with Crippen molar-refractivity contribution < 1.29 is 4.79 Å². The van der Waals surface area contributed by atoms with Crippen LogP contribution in [0.5, 0.6) is 0 Å². The molecular formula is C18H19Cl2NO. The van der Waals surface area contributed by atoms with E-state index in [-0.39, 0.29) is 17.7 Å². The standard InChI is InChI=1S/C18H19Cl2NO/c1-18(2,3)14-6-4-5-7-16(14)21-17(22)10-12-8-9-13(19)11-15(12)20/h4-9,11H,10H2,1-3H3,(H,21,22).